The highest BCUT2D eigenvalue weighted by Crippen LogP contribution is 2.28. The predicted molar refractivity (Wildman–Crippen MR) is 32.4 cm³/mol. The minimum Gasteiger partial charge on any atom is -0.381 e. The molecule has 0 heterocycles. The van der Waals surface area contributed by atoms with Crippen LogP contribution in [0.1, 0.15) is 12.8 Å². The fraction of sp³-hybridized carbons (Fsp3) is 0.714. The zero-order chi connectivity index (χ0) is 5.98. The normalized spacial score (nSPS) is 35.5. The molecular formula is C7H10O. The van der Waals surface area contributed by atoms with Crippen molar-refractivity contribution in [1.29, 1.82) is 0 Å². The molecule has 8 heavy (non-hydrogen) atoms. The van der Waals surface area contributed by atoms with E-state index in [1.807, 2.05) is 0 Å². The molecule has 0 amide bonds. The van der Waals surface area contributed by atoms with Crippen molar-refractivity contribution in [2.75, 3.05) is 7.11 Å². The summed E-state index contributed by atoms with van der Waals surface area (Å²) in [5.74, 6) is 3.19. The molecule has 1 heteroatoms. The molecule has 0 atom stereocenters. The molecule has 1 aliphatic carbocycles. The van der Waals surface area contributed by atoms with Gasteiger partial charge in [0.1, 0.15) is 0 Å². The molecule has 1 nitrogen and oxygen atoms in total. The maximum atomic E-state index is 5.15. The Balaban J connectivity index is 2.14. The molecule has 0 aromatic rings. The van der Waals surface area contributed by atoms with Crippen molar-refractivity contribution in [3.8, 4) is 12.3 Å². The standard InChI is InChI=1S/C7H10O/c1-3-6-4-7(5-6)8-2/h1,6-7H,4-5H2,2H3. The third kappa shape index (κ3) is 0.850. The van der Waals surface area contributed by atoms with Crippen LogP contribution < -0.4 is 0 Å². The van der Waals surface area contributed by atoms with E-state index in [-0.39, 0.29) is 0 Å². The SMILES string of the molecule is C#CC1CC(OC)C1. The van der Waals surface area contributed by atoms with Crippen molar-refractivity contribution < 1.29 is 4.74 Å². The van der Waals surface area contributed by atoms with Gasteiger partial charge in [-0.3, -0.25) is 0 Å². The van der Waals surface area contributed by atoms with E-state index in [0.717, 1.165) is 12.8 Å². The van der Waals surface area contributed by atoms with E-state index in [4.69, 9.17) is 11.2 Å². The van der Waals surface area contributed by atoms with Gasteiger partial charge in [0, 0.05) is 13.0 Å². The minimum atomic E-state index is 0.455. The highest BCUT2D eigenvalue weighted by atomic mass is 16.5. The molecule has 0 aromatic carbocycles. The third-order valence-electron chi connectivity index (χ3n) is 1.66. The highest BCUT2D eigenvalue weighted by molar-refractivity contribution is 5.01. The van der Waals surface area contributed by atoms with Gasteiger partial charge in [-0.05, 0) is 12.8 Å². The molecular weight excluding hydrogens is 100 g/mol. The number of hydrogen-bond donors (Lipinski definition) is 0. The van der Waals surface area contributed by atoms with Crippen LogP contribution in [0.25, 0.3) is 0 Å². The summed E-state index contributed by atoms with van der Waals surface area (Å²) < 4.78 is 5.02. The lowest BCUT2D eigenvalue weighted by Crippen LogP contribution is -2.28. The van der Waals surface area contributed by atoms with E-state index in [0.29, 0.717) is 12.0 Å². The minimum absolute atomic E-state index is 0.455. The fourth-order valence-electron chi connectivity index (χ4n) is 0.894. The Labute approximate surface area is 50.0 Å². The zero-order valence-corrected chi connectivity index (χ0v) is 5.05. The Morgan fingerprint density at radius 2 is 2.25 bits per heavy atom. The second-order valence-electron chi connectivity index (χ2n) is 2.19. The van der Waals surface area contributed by atoms with Gasteiger partial charge in [0.05, 0.1) is 6.10 Å². The quantitative estimate of drug-likeness (QED) is 0.458. The lowest BCUT2D eigenvalue weighted by atomic mass is 9.83. The second kappa shape index (κ2) is 2.19. The summed E-state index contributed by atoms with van der Waals surface area (Å²) in [6.45, 7) is 0. The van der Waals surface area contributed by atoms with Crippen LogP contribution >= 0.6 is 0 Å². The summed E-state index contributed by atoms with van der Waals surface area (Å²) in [5.41, 5.74) is 0. The van der Waals surface area contributed by atoms with Crippen LogP contribution in [0.15, 0.2) is 0 Å². The Morgan fingerprint density at radius 1 is 1.62 bits per heavy atom. The first-order valence-corrected chi connectivity index (χ1v) is 2.85. The highest BCUT2D eigenvalue weighted by Gasteiger charge is 2.26. The maximum absolute atomic E-state index is 5.15. The first-order chi connectivity index (χ1) is 3.86. The van der Waals surface area contributed by atoms with Crippen LogP contribution in [0.5, 0.6) is 0 Å². The van der Waals surface area contributed by atoms with Crippen LogP contribution in [0.4, 0.5) is 0 Å². The van der Waals surface area contributed by atoms with E-state index in [1.165, 1.54) is 0 Å². The average Bonchev–Trinajstić information content (AvgIpc) is 1.65. The fourth-order valence-corrected chi connectivity index (χ4v) is 0.894. The number of rotatable bonds is 1. The molecule has 0 radical (unpaired) electrons. The average molecular weight is 110 g/mol. The predicted octanol–water partition coefficient (Wildman–Crippen LogP) is 1.04. The zero-order valence-electron chi connectivity index (χ0n) is 5.05. The topological polar surface area (TPSA) is 9.23 Å². The van der Waals surface area contributed by atoms with Crippen molar-refractivity contribution >= 4 is 0 Å². The van der Waals surface area contributed by atoms with Crippen LogP contribution in [0.3, 0.4) is 0 Å². The molecule has 1 rings (SSSR count). The number of terminal acetylenes is 1. The van der Waals surface area contributed by atoms with E-state index in [2.05, 4.69) is 5.92 Å². The Bertz CT molecular complexity index is 106. The molecule has 0 unspecified atom stereocenters. The monoisotopic (exact) mass is 110 g/mol. The Kier molecular flexibility index (Phi) is 1.55. The molecule has 44 valence electrons. The van der Waals surface area contributed by atoms with Gasteiger partial charge in [0.15, 0.2) is 0 Å². The van der Waals surface area contributed by atoms with Crippen molar-refractivity contribution in [3.63, 3.8) is 0 Å². The molecule has 0 aromatic heterocycles. The van der Waals surface area contributed by atoms with Crippen LogP contribution in [-0.4, -0.2) is 13.2 Å². The summed E-state index contributed by atoms with van der Waals surface area (Å²) in [4.78, 5) is 0. The lowest BCUT2D eigenvalue weighted by molar-refractivity contribution is 0.0193. The largest absolute Gasteiger partial charge is 0.381 e. The smallest absolute Gasteiger partial charge is 0.0595 e. The van der Waals surface area contributed by atoms with E-state index >= 15 is 0 Å². The molecule has 0 bridgehead atoms. The molecule has 0 spiro atoms. The maximum Gasteiger partial charge on any atom is 0.0595 e. The van der Waals surface area contributed by atoms with Gasteiger partial charge in [-0.1, -0.05) is 0 Å². The first kappa shape index (κ1) is 5.65. The van der Waals surface area contributed by atoms with Gasteiger partial charge >= 0.3 is 0 Å². The third-order valence-corrected chi connectivity index (χ3v) is 1.66. The summed E-state index contributed by atoms with van der Waals surface area (Å²) in [7, 11) is 1.73. The summed E-state index contributed by atoms with van der Waals surface area (Å²) in [6.07, 6.45) is 7.72. The van der Waals surface area contributed by atoms with E-state index < -0.39 is 0 Å². The van der Waals surface area contributed by atoms with E-state index in [1.54, 1.807) is 7.11 Å². The number of hydrogen-bond acceptors (Lipinski definition) is 1. The number of methoxy groups -OCH3 is 1. The summed E-state index contributed by atoms with van der Waals surface area (Å²) in [5, 5.41) is 0. The first-order valence-electron chi connectivity index (χ1n) is 2.85. The Hall–Kier alpha value is -0.480. The molecule has 0 N–H and O–H groups in total. The second-order valence-corrected chi connectivity index (χ2v) is 2.19. The van der Waals surface area contributed by atoms with Crippen molar-refractivity contribution in [2.45, 2.75) is 18.9 Å². The van der Waals surface area contributed by atoms with Crippen molar-refractivity contribution in [2.24, 2.45) is 5.92 Å². The van der Waals surface area contributed by atoms with Gasteiger partial charge in [-0.2, -0.15) is 0 Å². The summed E-state index contributed by atoms with van der Waals surface area (Å²) in [6, 6.07) is 0. The van der Waals surface area contributed by atoms with Gasteiger partial charge in [-0.25, -0.2) is 0 Å². The van der Waals surface area contributed by atoms with Crippen LogP contribution in [0, 0.1) is 18.3 Å². The van der Waals surface area contributed by atoms with Crippen LogP contribution in [0.2, 0.25) is 0 Å². The molecule has 0 aliphatic heterocycles. The number of ether oxygens (including phenoxy) is 1. The van der Waals surface area contributed by atoms with Gasteiger partial charge in [0.25, 0.3) is 0 Å². The molecule has 1 fully saturated rings. The van der Waals surface area contributed by atoms with Gasteiger partial charge < -0.3 is 4.74 Å². The Morgan fingerprint density at radius 3 is 2.62 bits per heavy atom. The molecule has 1 aliphatic rings. The van der Waals surface area contributed by atoms with E-state index in [9.17, 15) is 0 Å². The van der Waals surface area contributed by atoms with Crippen molar-refractivity contribution in [3.05, 3.63) is 0 Å². The summed E-state index contributed by atoms with van der Waals surface area (Å²) >= 11 is 0. The molecule has 1 saturated carbocycles. The van der Waals surface area contributed by atoms with Crippen molar-refractivity contribution in [1.82, 2.24) is 0 Å². The molecule has 0 saturated heterocycles. The lowest BCUT2D eigenvalue weighted by Gasteiger charge is -2.29. The van der Waals surface area contributed by atoms with Crippen LogP contribution in [-0.2, 0) is 4.74 Å². The van der Waals surface area contributed by atoms with Gasteiger partial charge in [0.2, 0.25) is 0 Å². The van der Waals surface area contributed by atoms with Gasteiger partial charge in [-0.15, -0.1) is 12.3 Å².